The number of carbonyl (C=O) groups excluding carboxylic acids is 1. The molecule has 3 fully saturated rings. The molecule has 0 aromatic rings. The van der Waals surface area contributed by atoms with Gasteiger partial charge < -0.3 is 4.74 Å². The number of hydrogen-bond acceptors (Lipinski definition) is 2. The lowest BCUT2D eigenvalue weighted by molar-refractivity contribution is -0.118. The predicted molar refractivity (Wildman–Crippen MR) is 96.7 cm³/mol. The van der Waals surface area contributed by atoms with E-state index < -0.39 is 0 Å². The molecule has 0 aromatic heterocycles. The van der Waals surface area contributed by atoms with Crippen LogP contribution in [-0.2, 0) is 9.53 Å². The lowest BCUT2D eigenvalue weighted by Gasteiger charge is -2.58. The maximum absolute atomic E-state index is 11.9. The predicted octanol–water partition coefficient (Wildman–Crippen LogP) is 5.31. The van der Waals surface area contributed by atoms with Crippen LogP contribution < -0.4 is 0 Å². The summed E-state index contributed by atoms with van der Waals surface area (Å²) < 4.78 is 6.29. The normalized spacial score (nSPS) is 47.6. The van der Waals surface area contributed by atoms with Gasteiger partial charge in [0, 0.05) is 13.0 Å². The number of ketones is 1. The number of hydrogen-bond donors (Lipinski definition) is 0. The van der Waals surface area contributed by atoms with Crippen LogP contribution >= 0.6 is 0 Å². The minimum absolute atomic E-state index is 0.306. The maximum Gasteiger partial charge on any atom is 0.155 e. The molecule has 0 radical (unpaired) electrons. The number of carbonyl (C=O) groups is 1. The number of allylic oxidation sites excluding steroid dienone is 1. The smallest absolute Gasteiger partial charge is 0.155 e. The highest BCUT2D eigenvalue weighted by Gasteiger charge is 2.59. The Morgan fingerprint density at radius 3 is 2.71 bits per heavy atom. The van der Waals surface area contributed by atoms with Crippen LogP contribution in [0, 0.1) is 28.6 Å². The maximum atomic E-state index is 11.9. The number of rotatable bonds is 3. The number of ether oxygens (including phenoxy) is 1. The number of fused-ring (bicyclic) bond motifs is 5. The van der Waals surface area contributed by atoms with E-state index in [1.807, 2.05) is 6.08 Å². The average Bonchev–Trinajstić information content (AvgIpc) is 2.90. The molecule has 2 nitrogen and oxygen atoms in total. The fourth-order valence-electron chi connectivity index (χ4n) is 7.05. The first-order valence-electron chi connectivity index (χ1n) is 10.3. The van der Waals surface area contributed by atoms with Gasteiger partial charge >= 0.3 is 0 Å². The van der Waals surface area contributed by atoms with Crippen molar-refractivity contribution in [2.75, 3.05) is 6.61 Å². The van der Waals surface area contributed by atoms with Gasteiger partial charge in [0.2, 0.25) is 0 Å². The first-order valence-corrected chi connectivity index (χ1v) is 10.3. The Labute approximate surface area is 147 Å². The second-order valence-electron chi connectivity index (χ2n) is 9.45. The quantitative estimate of drug-likeness (QED) is 0.700. The van der Waals surface area contributed by atoms with Crippen LogP contribution in [0.1, 0.15) is 78.6 Å². The third kappa shape index (κ3) is 2.35. The summed E-state index contributed by atoms with van der Waals surface area (Å²) >= 11 is 0. The lowest BCUT2D eigenvalue weighted by Crippen LogP contribution is -2.51. The Morgan fingerprint density at radius 2 is 1.92 bits per heavy atom. The van der Waals surface area contributed by atoms with Crippen molar-refractivity contribution in [2.24, 2.45) is 28.6 Å². The van der Waals surface area contributed by atoms with Crippen molar-refractivity contribution in [2.45, 2.75) is 84.7 Å². The van der Waals surface area contributed by atoms with Crippen LogP contribution in [-0.4, -0.2) is 18.5 Å². The summed E-state index contributed by atoms with van der Waals surface area (Å²) in [4.78, 5) is 11.9. The average molecular weight is 331 g/mol. The molecule has 4 aliphatic rings. The van der Waals surface area contributed by atoms with Crippen molar-refractivity contribution in [3.63, 3.8) is 0 Å². The topological polar surface area (TPSA) is 26.3 Å². The first kappa shape index (κ1) is 16.8. The van der Waals surface area contributed by atoms with E-state index in [1.165, 1.54) is 37.7 Å². The Kier molecular flexibility index (Phi) is 4.18. The molecule has 0 unspecified atom stereocenters. The molecule has 0 saturated heterocycles. The zero-order chi connectivity index (χ0) is 16.9. The summed E-state index contributed by atoms with van der Waals surface area (Å²) in [5.41, 5.74) is 2.19. The van der Waals surface area contributed by atoms with Crippen LogP contribution in [0.15, 0.2) is 11.6 Å². The van der Waals surface area contributed by atoms with Crippen molar-refractivity contribution in [3.05, 3.63) is 11.6 Å². The van der Waals surface area contributed by atoms with Gasteiger partial charge in [-0.05, 0) is 86.0 Å². The summed E-state index contributed by atoms with van der Waals surface area (Å²) in [6.07, 6.45) is 13.3. The van der Waals surface area contributed by atoms with Gasteiger partial charge in [-0.3, -0.25) is 4.79 Å². The highest BCUT2D eigenvalue weighted by atomic mass is 16.5. The van der Waals surface area contributed by atoms with Gasteiger partial charge in [0.1, 0.15) is 0 Å². The molecule has 6 atom stereocenters. The van der Waals surface area contributed by atoms with E-state index in [0.29, 0.717) is 22.7 Å². The summed E-state index contributed by atoms with van der Waals surface area (Å²) in [6.45, 7) is 8.14. The fourth-order valence-corrected chi connectivity index (χ4v) is 7.05. The van der Waals surface area contributed by atoms with Crippen LogP contribution in [0.3, 0.4) is 0 Å². The molecule has 3 saturated carbocycles. The van der Waals surface area contributed by atoms with Gasteiger partial charge in [-0.15, -0.1) is 0 Å². The molecule has 0 N–H and O–H groups in total. The third-order valence-corrected chi connectivity index (χ3v) is 8.40. The molecule has 4 rings (SSSR count). The van der Waals surface area contributed by atoms with Crippen molar-refractivity contribution in [1.29, 1.82) is 0 Å². The molecule has 134 valence electrons. The van der Waals surface area contributed by atoms with Crippen molar-refractivity contribution >= 4 is 5.78 Å². The van der Waals surface area contributed by atoms with Crippen LogP contribution in [0.5, 0.6) is 0 Å². The van der Waals surface area contributed by atoms with E-state index in [9.17, 15) is 4.79 Å². The molecule has 0 bridgehead atoms. The molecule has 24 heavy (non-hydrogen) atoms. The molecule has 0 spiro atoms. The SMILES string of the molecule is CCCO[C@H]1CC[C@@H]2[C@@H]3CCC4=CC(=O)CC[C@]4(C)[C@H]3CC[C@]12C. The molecule has 0 aromatic carbocycles. The monoisotopic (exact) mass is 330 g/mol. The van der Waals surface area contributed by atoms with E-state index in [-0.39, 0.29) is 0 Å². The van der Waals surface area contributed by atoms with Crippen molar-refractivity contribution in [1.82, 2.24) is 0 Å². The summed E-state index contributed by atoms with van der Waals surface area (Å²) in [5.74, 6) is 2.87. The van der Waals surface area contributed by atoms with Gasteiger partial charge in [0.25, 0.3) is 0 Å². The summed E-state index contributed by atoms with van der Waals surface area (Å²) in [7, 11) is 0. The highest BCUT2D eigenvalue weighted by Crippen LogP contribution is 2.65. The van der Waals surface area contributed by atoms with E-state index >= 15 is 0 Å². The standard InChI is InChI=1S/C22H34O2/c1-4-13-24-20-8-7-18-17-6-5-15-14-16(23)9-11-21(15,2)19(17)10-12-22(18,20)3/h14,17-20H,4-13H2,1-3H3/t17-,18+,19-,20-,21-,22-/m0/s1. The minimum atomic E-state index is 0.306. The fraction of sp³-hybridized carbons (Fsp3) is 0.864. The Hall–Kier alpha value is -0.630. The van der Waals surface area contributed by atoms with Gasteiger partial charge in [-0.2, -0.15) is 0 Å². The van der Waals surface area contributed by atoms with E-state index in [0.717, 1.165) is 50.0 Å². The minimum Gasteiger partial charge on any atom is -0.378 e. The van der Waals surface area contributed by atoms with Gasteiger partial charge in [0.05, 0.1) is 6.10 Å². The van der Waals surface area contributed by atoms with E-state index in [2.05, 4.69) is 20.8 Å². The molecule has 0 amide bonds. The largest absolute Gasteiger partial charge is 0.378 e. The second-order valence-corrected chi connectivity index (χ2v) is 9.45. The van der Waals surface area contributed by atoms with Gasteiger partial charge in [-0.1, -0.05) is 26.3 Å². The Balaban J connectivity index is 1.59. The van der Waals surface area contributed by atoms with Gasteiger partial charge in [0.15, 0.2) is 5.78 Å². The van der Waals surface area contributed by atoms with Crippen LogP contribution in [0.25, 0.3) is 0 Å². The second kappa shape index (κ2) is 5.97. The zero-order valence-corrected chi connectivity index (χ0v) is 15.8. The van der Waals surface area contributed by atoms with Crippen LogP contribution in [0.4, 0.5) is 0 Å². The third-order valence-electron chi connectivity index (χ3n) is 8.40. The van der Waals surface area contributed by atoms with Gasteiger partial charge in [-0.25, -0.2) is 0 Å². The first-order chi connectivity index (χ1) is 11.5. The van der Waals surface area contributed by atoms with E-state index in [1.54, 1.807) is 0 Å². The summed E-state index contributed by atoms with van der Waals surface area (Å²) in [5, 5.41) is 0. The van der Waals surface area contributed by atoms with Crippen molar-refractivity contribution in [3.8, 4) is 0 Å². The Bertz CT molecular complexity index is 550. The zero-order valence-electron chi connectivity index (χ0n) is 15.8. The van der Waals surface area contributed by atoms with Crippen molar-refractivity contribution < 1.29 is 9.53 Å². The molecular formula is C22H34O2. The molecule has 4 aliphatic carbocycles. The highest BCUT2D eigenvalue weighted by molar-refractivity contribution is 5.91. The Morgan fingerprint density at radius 1 is 1.08 bits per heavy atom. The molecule has 0 aliphatic heterocycles. The van der Waals surface area contributed by atoms with Crippen LogP contribution in [0.2, 0.25) is 0 Å². The lowest BCUT2D eigenvalue weighted by atomic mass is 9.47. The summed E-state index contributed by atoms with van der Waals surface area (Å²) in [6, 6.07) is 0. The molecule has 2 heteroatoms. The van der Waals surface area contributed by atoms with E-state index in [4.69, 9.17) is 4.74 Å². The molecule has 0 heterocycles. The molecular weight excluding hydrogens is 296 g/mol.